The van der Waals surface area contributed by atoms with E-state index in [1.165, 1.54) is 0 Å². The van der Waals surface area contributed by atoms with E-state index in [1.807, 2.05) is 32.6 Å². The molecule has 0 spiro atoms. The number of rotatable bonds is 10. The molecule has 2 N–H and O–H groups in total. The summed E-state index contributed by atoms with van der Waals surface area (Å²) in [5.74, 6) is -0.154. The van der Waals surface area contributed by atoms with Crippen molar-refractivity contribution in [2.24, 2.45) is 0 Å². The molecule has 10 nitrogen and oxygen atoms in total. The van der Waals surface area contributed by atoms with Crippen molar-refractivity contribution in [3.63, 3.8) is 0 Å². The highest BCUT2D eigenvalue weighted by Gasteiger charge is 2.34. The zero-order valence-electron chi connectivity index (χ0n) is 20.4. The van der Waals surface area contributed by atoms with Crippen molar-refractivity contribution in [1.29, 1.82) is 0 Å². The lowest BCUT2D eigenvalue weighted by atomic mass is 10.0. The summed E-state index contributed by atoms with van der Waals surface area (Å²) in [6.07, 6.45) is 2.66. The van der Waals surface area contributed by atoms with Gasteiger partial charge in [-0.15, -0.1) is 0 Å². The lowest BCUT2D eigenvalue weighted by Gasteiger charge is -2.37. The van der Waals surface area contributed by atoms with E-state index < -0.39 is 5.97 Å². The Morgan fingerprint density at radius 2 is 2.09 bits per heavy atom. The number of anilines is 1. The van der Waals surface area contributed by atoms with Crippen LogP contribution in [-0.2, 0) is 15.9 Å². The maximum atomic E-state index is 12.7. The molecule has 1 saturated heterocycles. The van der Waals surface area contributed by atoms with Gasteiger partial charge in [0.1, 0.15) is 5.76 Å². The van der Waals surface area contributed by atoms with Gasteiger partial charge >= 0.3 is 5.97 Å². The number of esters is 1. The molecule has 1 fully saturated rings. The number of nitrogens with zero attached hydrogens (tertiary/aromatic N) is 3. The van der Waals surface area contributed by atoms with E-state index in [-0.39, 0.29) is 35.5 Å². The SMILES string of the molecule is CCCCOC(=O)c1nc(N2CC[C@H](NC(=O)c3nc(Cl)c(CC)[nH]3)[C@H](OC)C2)oc1C(C)C. The number of unbranched alkanes of at least 4 members (excludes halogenated alkanes) is 1. The molecule has 0 radical (unpaired) electrons. The van der Waals surface area contributed by atoms with E-state index in [4.69, 9.17) is 25.5 Å². The van der Waals surface area contributed by atoms with Crippen molar-refractivity contribution >= 4 is 29.5 Å². The van der Waals surface area contributed by atoms with Gasteiger partial charge in [0.2, 0.25) is 0 Å². The Balaban J connectivity index is 1.69. The maximum absolute atomic E-state index is 12.7. The molecule has 1 amide bonds. The first kappa shape index (κ1) is 26.0. The summed E-state index contributed by atoms with van der Waals surface area (Å²) in [6, 6.07) is 0.115. The van der Waals surface area contributed by atoms with Gasteiger partial charge in [-0.05, 0) is 19.3 Å². The summed E-state index contributed by atoms with van der Waals surface area (Å²) in [6.45, 7) is 9.20. The monoisotopic (exact) mass is 495 g/mol. The first-order valence-corrected chi connectivity index (χ1v) is 12.2. The van der Waals surface area contributed by atoms with Crippen LogP contribution in [0, 0.1) is 0 Å². The van der Waals surface area contributed by atoms with E-state index in [0.29, 0.717) is 49.5 Å². The minimum absolute atomic E-state index is 0.0295. The third-order valence-electron chi connectivity index (χ3n) is 5.84. The molecule has 1 aliphatic heterocycles. The largest absolute Gasteiger partial charge is 0.461 e. The predicted octanol–water partition coefficient (Wildman–Crippen LogP) is 3.72. The number of ether oxygens (including phenoxy) is 2. The van der Waals surface area contributed by atoms with Crippen molar-refractivity contribution in [1.82, 2.24) is 20.3 Å². The van der Waals surface area contributed by atoms with Crippen LogP contribution in [0.15, 0.2) is 4.42 Å². The number of H-pyrrole nitrogens is 1. The molecule has 0 bridgehead atoms. The molecular formula is C23H34ClN5O5. The van der Waals surface area contributed by atoms with Crippen LogP contribution in [-0.4, -0.2) is 65.8 Å². The van der Waals surface area contributed by atoms with Crippen LogP contribution < -0.4 is 10.2 Å². The van der Waals surface area contributed by atoms with Gasteiger partial charge in [-0.2, -0.15) is 4.98 Å². The fourth-order valence-electron chi connectivity index (χ4n) is 3.83. The number of hydrogen-bond acceptors (Lipinski definition) is 8. The second-order valence-electron chi connectivity index (χ2n) is 8.65. The number of aromatic amines is 1. The van der Waals surface area contributed by atoms with E-state index in [1.54, 1.807) is 7.11 Å². The molecule has 0 aliphatic carbocycles. The van der Waals surface area contributed by atoms with Crippen LogP contribution in [0.25, 0.3) is 0 Å². The summed E-state index contributed by atoms with van der Waals surface area (Å²) in [4.78, 5) is 38.7. The number of oxazole rings is 1. The van der Waals surface area contributed by atoms with Gasteiger partial charge in [0.05, 0.1) is 31.0 Å². The number of methoxy groups -OCH3 is 1. The Morgan fingerprint density at radius 1 is 1.32 bits per heavy atom. The molecule has 188 valence electrons. The highest BCUT2D eigenvalue weighted by atomic mass is 35.5. The average Bonchev–Trinajstić information content (AvgIpc) is 3.43. The van der Waals surface area contributed by atoms with E-state index in [9.17, 15) is 9.59 Å². The third-order valence-corrected chi connectivity index (χ3v) is 6.15. The number of hydrogen-bond donors (Lipinski definition) is 2. The molecular weight excluding hydrogens is 462 g/mol. The zero-order valence-corrected chi connectivity index (χ0v) is 21.2. The molecule has 11 heteroatoms. The van der Waals surface area contributed by atoms with Gasteiger partial charge in [-0.3, -0.25) is 4.79 Å². The van der Waals surface area contributed by atoms with E-state index >= 15 is 0 Å². The summed E-state index contributed by atoms with van der Waals surface area (Å²) in [5.41, 5.74) is 0.936. The van der Waals surface area contributed by atoms with Crippen LogP contribution in [0.5, 0.6) is 0 Å². The Bertz CT molecular complexity index is 989. The van der Waals surface area contributed by atoms with Crippen LogP contribution in [0.4, 0.5) is 6.01 Å². The number of piperidine rings is 1. The molecule has 0 unspecified atom stereocenters. The smallest absolute Gasteiger partial charge is 0.360 e. The lowest BCUT2D eigenvalue weighted by Crippen LogP contribution is -2.55. The van der Waals surface area contributed by atoms with Gasteiger partial charge in [-0.1, -0.05) is 45.7 Å². The van der Waals surface area contributed by atoms with Crippen LogP contribution >= 0.6 is 11.6 Å². The number of carbonyl (C=O) groups is 2. The van der Waals surface area contributed by atoms with Gasteiger partial charge in [0, 0.05) is 19.6 Å². The summed E-state index contributed by atoms with van der Waals surface area (Å²) in [5, 5.41) is 3.29. The van der Waals surface area contributed by atoms with E-state index in [2.05, 4.69) is 20.3 Å². The molecule has 34 heavy (non-hydrogen) atoms. The topological polar surface area (TPSA) is 123 Å². The Hall–Kier alpha value is -2.59. The molecule has 2 aromatic heterocycles. The quantitative estimate of drug-likeness (QED) is 0.377. The molecule has 0 saturated carbocycles. The number of nitrogens with one attached hydrogen (secondary N) is 2. The van der Waals surface area contributed by atoms with E-state index in [0.717, 1.165) is 18.5 Å². The van der Waals surface area contributed by atoms with Crippen LogP contribution in [0.1, 0.15) is 85.4 Å². The number of amides is 1. The Morgan fingerprint density at radius 3 is 2.71 bits per heavy atom. The first-order valence-electron chi connectivity index (χ1n) is 11.8. The average molecular weight is 496 g/mol. The second-order valence-corrected chi connectivity index (χ2v) is 9.01. The molecule has 1 aliphatic rings. The summed E-state index contributed by atoms with van der Waals surface area (Å²) < 4.78 is 17.0. The highest BCUT2D eigenvalue weighted by molar-refractivity contribution is 6.30. The van der Waals surface area contributed by atoms with Crippen LogP contribution in [0.2, 0.25) is 5.15 Å². The molecule has 3 heterocycles. The van der Waals surface area contributed by atoms with Gasteiger partial charge in [0.15, 0.2) is 16.7 Å². The first-order chi connectivity index (χ1) is 16.3. The van der Waals surface area contributed by atoms with Crippen molar-refractivity contribution in [2.45, 2.75) is 71.4 Å². The molecule has 0 aromatic carbocycles. The highest BCUT2D eigenvalue weighted by Crippen LogP contribution is 2.29. The Labute approximate surface area is 204 Å². The number of carbonyl (C=O) groups excluding carboxylic acids is 2. The third kappa shape index (κ3) is 5.90. The minimum atomic E-state index is -0.471. The number of halogens is 1. The number of imidazole rings is 1. The second kappa shape index (κ2) is 11.7. The standard InChI is InChI=1S/C23H34ClN5O5/c1-6-8-11-33-22(31)17-18(13(3)4)34-23(27-17)29-10-9-15(16(12-29)32-5)26-21(30)20-25-14(7-2)19(24)28-20/h13,15-16H,6-12H2,1-5H3,(H,25,28)(H,26,30)/t15-,16+/m0/s1. The van der Waals surface area contributed by atoms with Gasteiger partial charge < -0.3 is 29.1 Å². The van der Waals surface area contributed by atoms with Crippen molar-refractivity contribution in [3.8, 4) is 0 Å². The maximum Gasteiger partial charge on any atom is 0.360 e. The number of aromatic nitrogens is 3. The normalized spacial score (nSPS) is 18.4. The molecule has 2 aromatic rings. The van der Waals surface area contributed by atoms with Crippen molar-refractivity contribution in [2.75, 3.05) is 31.7 Å². The van der Waals surface area contributed by atoms with Crippen molar-refractivity contribution in [3.05, 3.63) is 28.1 Å². The van der Waals surface area contributed by atoms with Crippen LogP contribution in [0.3, 0.4) is 0 Å². The minimum Gasteiger partial charge on any atom is -0.461 e. The molecule has 3 rings (SSSR count). The molecule has 2 atom stereocenters. The summed E-state index contributed by atoms with van der Waals surface area (Å²) >= 11 is 6.07. The van der Waals surface area contributed by atoms with Crippen molar-refractivity contribution < 1.29 is 23.5 Å². The number of aryl methyl sites for hydroxylation is 1. The van der Waals surface area contributed by atoms with Gasteiger partial charge in [-0.25, -0.2) is 9.78 Å². The zero-order chi connectivity index (χ0) is 24.8. The Kier molecular flexibility index (Phi) is 8.96. The van der Waals surface area contributed by atoms with Gasteiger partial charge in [0.25, 0.3) is 11.9 Å². The fourth-order valence-corrected chi connectivity index (χ4v) is 4.10. The lowest BCUT2D eigenvalue weighted by molar-refractivity contribution is 0.0489. The summed E-state index contributed by atoms with van der Waals surface area (Å²) in [7, 11) is 1.60. The fraction of sp³-hybridized carbons (Fsp3) is 0.652. The predicted molar refractivity (Wildman–Crippen MR) is 128 cm³/mol.